The normalized spacial score (nSPS) is 10.5. The van der Waals surface area contributed by atoms with Crippen molar-refractivity contribution in [1.82, 2.24) is 4.98 Å². The van der Waals surface area contributed by atoms with Crippen molar-refractivity contribution in [2.75, 3.05) is 7.11 Å². The van der Waals surface area contributed by atoms with Crippen LogP contribution in [0.2, 0.25) is 0 Å². The zero-order valence-electron chi connectivity index (χ0n) is 8.25. The van der Waals surface area contributed by atoms with Crippen molar-refractivity contribution in [3.05, 3.63) is 22.9 Å². The Kier molecular flexibility index (Phi) is 3.18. The topological polar surface area (TPSA) is 65.2 Å². The zero-order chi connectivity index (χ0) is 11.6. The van der Waals surface area contributed by atoms with Crippen LogP contribution in [-0.2, 0) is 0 Å². The second-order valence-corrected chi connectivity index (χ2v) is 2.90. The summed E-state index contributed by atoms with van der Waals surface area (Å²) in [5.74, 6) is -1.15. The molecule has 0 atom stereocenters. The van der Waals surface area contributed by atoms with Crippen LogP contribution in [0.1, 0.15) is 27.9 Å². The van der Waals surface area contributed by atoms with Crippen molar-refractivity contribution in [3.63, 3.8) is 0 Å². The highest BCUT2D eigenvalue weighted by Crippen LogP contribution is 2.30. The fourth-order valence-corrected chi connectivity index (χ4v) is 1.28. The highest BCUT2D eigenvalue weighted by molar-refractivity contribution is 5.97. The summed E-state index contributed by atoms with van der Waals surface area (Å²) < 4.78 is 30.1. The summed E-state index contributed by atoms with van der Waals surface area (Å²) in [6, 6.07) is 0. The van der Waals surface area contributed by atoms with Crippen LogP contribution in [0.3, 0.4) is 0 Å². The quantitative estimate of drug-likeness (QED) is 0.831. The number of primary amides is 1. The summed E-state index contributed by atoms with van der Waals surface area (Å²) in [7, 11) is 1.24. The molecular weight excluding hydrogens is 206 g/mol. The number of rotatable bonds is 3. The number of hydrogen-bond donors (Lipinski definition) is 1. The molecule has 0 saturated heterocycles. The number of aromatic nitrogens is 1. The van der Waals surface area contributed by atoms with Crippen LogP contribution in [-0.4, -0.2) is 18.0 Å². The summed E-state index contributed by atoms with van der Waals surface area (Å²) in [6.45, 7) is 1.43. The van der Waals surface area contributed by atoms with Gasteiger partial charge < -0.3 is 10.5 Å². The predicted molar refractivity (Wildman–Crippen MR) is 49.0 cm³/mol. The lowest BCUT2D eigenvalue weighted by molar-refractivity contribution is 0.0980. The van der Waals surface area contributed by atoms with E-state index in [0.29, 0.717) is 0 Å². The molecule has 0 unspecified atom stereocenters. The molecule has 0 radical (unpaired) electrons. The molecule has 0 aliphatic heterocycles. The van der Waals surface area contributed by atoms with Crippen molar-refractivity contribution >= 4 is 5.91 Å². The van der Waals surface area contributed by atoms with E-state index in [1.54, 1.807) is 0 Å². The van der Waals surface area contributed by atoms with Gasteiger partial charge in [-0.2, -0.15) is 0 Å². The van der Waals surface area contributed by atoms with E-state index in [0.717, 1.165) is 0 Å². The number of methoxy groups -OCH3 is 1. The molecular formula is C9H10F2N2O2. The van der Waals surface area contributed by atoms with Crippen molar-refractivity contribution in [3.8, 4) is 5.88 Å². The Morgan fingerprint density at radius 3 is 2.60 bits per heavy atom. The Morgan fingerprint density at radius 1 is 1.60 bits per heavy atom. The third kappa shape index (κ3) is 2.03. The van der Waals surface area contributed by atoms with Gasteiger partial charge in [-0.3, -0.25) is 4.79 Å². The van der Waals surface area contributed by atoms with E-state index >= 15 is 0 Å². The van der Waals surface area contributed by atoms with Crippen LogP contribution in [0, 0.1) is 6.92 Å². The van der Waals surface area contributed by atoms with Crippen molar-refractivity contribution in [1.29, 1.82) is 0 Å². The second-order valence-electron chi connectivity index (χ2n) is 2.90. The van der Waals surface area contributed by atoms with Gasteiger partial charge in [0.25, 0.3) is 12.3 Å². The molecule has 2 N–H and O–H groups in total. The number of amides is 1. The lowest BCUT2D eigenvalue weighted by Crippen LogP contribution is -2.17. The highest BCUT2D eigenvalue weighted by Gasteiger charge is 2.24. The first-order valence-corrected chi connectivity index (χ1v) is 4.10. The Bertz CT molecular complexity index is 394. The molecule has 0 fully saturated rings. The van der Waals surface area contributed by atoms with E-state index in [-0.39, 0.29) is 17.0 Å². The standard InChI is InChI=1S/C9H10F2N2O2/c1-4-3-13-9(15-2)6(8(12)14)5(4)7(10)11/h3,7H,1-2H3,(H2,12,14). The van der Waals surface area contributed by atoms with Crippen LogP contribution in [0.4, 0.5) is 8.78 Å². The minimum atomic E-state index is -2.79. The van der Waals surface area contributed by atoms with Gasteiger partial charge in [-0.05, 0) is 12.5 Å². The van der Waals surface area contributed by atoms with E-state index in [2.05, 4.69) is 4.98 Å². The second kappa shape index (κ2) is 4.20. The Morgan fingerprint density at radius 2 is 2.20 bits per heavy atom. The third-order valence-electron chi connectivity index (χ3n) is 1.94. The maximum absolute atomic E-state index is 12.7. The zero-order valence-corrected chi connectivity index (χ0v) is 8.25. The fraction of sp³-hybridized carbons (Fsp3) is 0.333. The van der Waals surface area contributed by atoms with E-state index in [1.165, 1.54) is 20.2 Å². The van der Waals surface area contributed by atoms with Gasteiger partial charge in [0.2, 0.25) is 5.88 Å². The van der Waals surface area contributed by atoms with E-state index in [9.17, 15) is 13.6 Å². The molecule has 0 aromatic carbocycles. The molecule has 1 aromatic rings. The summed E-state index contributed by atoms with van der Waals surface area (Å²) in [4.78, 5) is 14.7. The Labute approximate surface area is 85.1 Å². The molecule has 0 aliphatic carbocycles. The first-order chi connectivity index (χ1) is 6.99. The summed E-state index contributed by atoms with van der Waals surface area (Å²) in [5, 5.41) is 0. The number of ether oxygens (including phenoxy) is 1. The molecule has 0 aliphatic rings. The van der Waals surface area contributed by atoms with E-state index in [4.69, 9.17) is 10.5 Å². The lowest BCUT2D eigenvalue weighted by atomic mass is 10.0. The molecule has 15 heavy (non-hydrogen) atoms. The number of aryl methyl sites for hydroxylation is 1. The molecule has 1 rings (SSSR count). The molecule has 4 nitrogen and oxygen atoms in total. The molecule has 1 amide bonds. The fourth-order valence-electron chi connectivity index (χ4n) is 1.28. The largest absolute Gasteiger partial charge is 0.480 e. The maximum Gasteiger partial charge on any atom is 0.265 e. The van der Waals surface area contributed by atoms with Gasteiger partial charge in [0.05, 0.1) is 7.11 Å². The van der Waals surface area contributed by atoms with Crippen molar-refractivity contribution < 1.29 is 18.3 Å². The van der Waals surface area contributed by atoms with Crippen molar-refractivity contribution in [2.24, 2.45) is 5.73 Å². The van der Waals surface area contributed by atoms with E-state index < -0.39 is 17.9 Å². The Hall–Kier alpha value is -1.72. The number of hydrogen-bond acceptors (Lipinski definition) is 3. The number of nitrogens with two attached hydrogens (primary N) is 1. The monoisotopic (exact) mass is 216 g/mol. The summed E-state index contributed by atoms with van der Waals surface area (Å²) in [6.07, 6.45) is -1.57. The summed E-state index contributed by atoms with van der Waals surface area (Å²) >= 11 is 0. The van der Waals surface area contributed by atoms with Crippen molar-refractivity contribution in [2.45, 2.75) is 13.3 Å². The molecule has 1 aromatic heterocycles. The van der Waals surface area contributed by atoms with E-state index in [1.807, 2.05) is 0 Å². The first kappa shape index (κ1) is 11.4. The minimum Gasteiger partial charge on any atom is -0.480 e. The van der Waals surface area contributed by atoms with Gasteiger partial charge in [-0.1, -0.05) is 0 Å². The third-order valence-corrected chi connectivity index (χ3v) is 1.94. The highest BCUT2D eigenvalue weighted by atomic mass is 19.3. The Balaban J connectivity index is 3.51. The molecule has 82 valence electrons. The van der Waals surface area contributed by atoms with Crippen LogP contribution >= 0.6 is 0 Å². The van der Waals surface area contributed by atoms with Gasteiger partial charge in [0.1, 0.15) is 5.56 Å². The van der Waals surface area contributed by atoms with Crippen LogP contribution in [0.15, 0.2) is 6.20 Å². The average molecular weight is 216 g/mol. The van der Waals surface area contributed by atoms with Gasteiger partial charge in [0.15, 0.2) is 0 Å². The number of nitrogens with zero attached hydrogens (tertiary/aromatic N) is 1. The minimum absolute atomic E-state index is 0.177. The number of halogens is 2. The molecule has 6 heteroatoms. The first-order valence-electron chi connectivity index (χ1n) is 4.10. The lowest BCUT2D eigenvalue weighted by Gasteiger charge is -2.11. The van der Waals surface area contributed by atoms with Gasteiger partial charge in [-0.15, -0.1) is 0 Å². The number of alkyl halides is 2. The van der Waals surface area contributed by atoms with Gasteiger partial charge in [-0.25, -0.2) is 13.8 Å². The number of carbonyl (C=O) groups excluding carboxylic acids is 1. The molecule has 0 saturated carbocycles. The van der Waals surface area contributed by atoms with Gasteiger partial charge in [0, 0.05) is 11.8 Å². The predicted octanol–water partition coefficient (Wildman–Crippen LogP) is 1.44. The molecule has 0 bridgehead atoms. The maximum atomic E-state index is 12.7. The average Bonchev–Trinajstić information content (AvgIpc) is 2.16. The molecule has 1 heterocycles. The number of carbonyl (C=O) groups is 1. The smallest absolute Gasteiger partial charge is 0.265 e. The molecule has 0 spiro atoms. The number of pyridine rings is 1. The van der Waals surface area contributed by atoms with Crippen LogP contribution in [0.5, 0.6) is 5.88 Å². The SMILES string of the molecule is COc1ncc(C)c(C(F)F)c1C(N)=O. The van der Waals surface area contributed by atoms with Crippen LogP contribution < -0.4 is 10.5 Å². The summed E-state index contributed by atoms with van der Waals surface area (Å²) in [5.41, 5.74) is 4.44. The van der Waals surface area contributed by atoms with Crippen LogP contribution in [0.25, 0.3) is 0 Å². The van der Waals surface area contributed by atoms with Gasteiger partial charge >= 0.3 is 0 Å².